The average Bonchev–Trinajstić information content (AvgIpc) is 3.28. The van der Waals surface area contributed by atoms with Crippen molar-refractivity contribution < 1.29 is 9.53 Å². The fraction of sp³-hybridized carbons (Fsp3) is 0.0385. The van der Waals surface area contributed by atoms with E-state index in [-0.39, 0.29) is 5.91 Å². The molecule has 32 heavy (non-hydrogen) atoms. The fourth-order valence-corrected chi connectivity index (χ4v) is 4.29. The van der Waals surface area contributed by atoms with E-state index in [1.165, 1.54) is 11.3 Å². The van der Waals surface area contributed by atoms with Gasteiger partial charge in [0, 0.05) is 11.8 Å². The topological polar surface area (TPSA) is 55.3 Å². The molecule has 1 amide bonds. The van der Waals surface area contributed by atoms with Gasteiger partial charge in [-0.15, -0.1) is 0 Å². The second-order valence-corrected chi connectivity index (χ2v) is 8.13. The molecule has 0 saturated carbocycles. The Bertz CT molecular complexity index is 1320. The highest BCUT2D eigenvalue weighted by Crippen LogP contribution is 2.31. The monoisotopic (exact) mass is 437 g/mol. The van der Waals surface area contributed by atoms with Crippen LogP contribution in [0.1, 0.15) is 16.1 Å². The van der Waals surface area contributed by atoms with Gasteiger partial charge in [-0.2, -0.15) is 0 Å². The molecule has 2 heterocycles. The molecule has 0 aliphatic rings. The average molecular weight is 438 g/mol. The van der Waals surface area contributed by atoms with Crippen LogP contribution in [0.3, 0.4) is 0 Å². The van der Waals surface area contributed by atoms with Crippen LogP contribution in [0, 0.1) is 0 Å². The summed E-state index contributed by atoms with van der Waals surface area (Å²) in [5, 5.41) is 0.635. The summed E-state index contributed by atoms with van der Waals surface area (Å²) < 4.78 is 6.95. The first kappa shape index (κ1) is 19.9. The number of aromatic nitrogens is 2. The van der Waals surface area contributed by atoms with Crippen molar-refractivity contribution in [3.8, 4) is 11.5 Å². The summed E-state index contributed by atoms with van der Waals surface area (Å²) in [6, 6.07) is 30.3. The van der Waals surface area contributed by atoms with Crippen LogP contribution in [-0.2, 0) is 6.54 Å². The number of benzene rings is 3. The Morgan fingerprint density at radius 1 is 0.844 bits per heavy atom. The molecule has 3 aromatic carbocycles. The normalized spacial score (nSPS) is 10.8. The smallest absolute Gasteiger partial charge is 0.260 e. The molecule has 0 N–H and O–H groups in total. The van der Waals surface area contributed by atoms with E-state index in [2.05, 4.69) is 4.98 Å². The van der Waals surface area contributed by atoms with Gasteiger partial charge in [-0.25, -0.2) is 4.98 Å². The van der Waals surface area contributed by atoms with Crippen molar-refractivity contribution in [2.45, 2.75) is 6.54 Å². The van der Waals surface area contributed by atoms with Crippen LogP contribution < -0.4 is 9.64 Å². The number of hydrogen-bond acceptors (Lipinski definition) is 5. The number of pyridine rings is 1. The van der Waals surface area contributed by atoms with E-state index >= 15 is 0 Å². The number of fused-ring (bicyclic) bond motifs is 1. The van der Waals surface area contributed by atoms with E-state index < -0.39 is 0 Å². The highest BCUT2D eigenvalue weighted by Gasteiger charge is 2.22. The molecule has 5 nitrogen and oxygen atoms in total. The number of para-hydroxylation sites is 2. The van der Waals surface area contributed by atoms with E-state index in [0.29, 0.717) is 28.7 Å². The minimum Gasteiger partial charge on any atom is -0.457 e. The molecular formula is C26H19N3O2S. The molecule has 0 fully saturated rings. The van der Waals surface area contributed by atoms with Gasteiger partial charge in [-0.3, -0.25) is 14.7 Å². The molecule has 5 aromatic rings. The standard InChI is InChI=1S/C26H19N3O2S/c30-25(19-9-8-13-22(17-19)31-21-11-2-1-3-12-21)29(18-20-10-6-7-16-27-20)26-28-23-14-4-5-15-24(23)32-26/h1-17H,18H2. The maximum absolute atomic E-state index is 13.6. The molecule has 6 heteroatoms. The number of thiazole rings is 1. The summed E-state index contributed by atoms with van der Waals surface area (Å²) >= 11 is 1.49. The molecule has 0 atom stereocenters. The van der Waals surface area contributed by atoms with Gasteiger partial charge in [0.25, 0.3) is 5.91 Å². The lowest BCUT2D eigenvalue weighted by molar-refractivity contribution is 0.0984. The SMILES string of the molecule is O=C(c1cccc(Oc2ccccc2)c1)N(Cc1ccccn1)c1nc2ccccc2s1. The molecule has 0 saturated heterocycles. The summed E-state index contributed by atoms with van der Waals surface area (Å²) in [6.07, 6.45) is 1.73. The van der Waals surface area contributed by atoms with Crippen molar-refractivity contribution in [2.75, 3.05) is 4.90 Å². The Morgan fingerprint density at radius 2 is 1.62 bits per heavy atom. The lowest BCUT2D eigenvalue weighted by Gasteiger charge is -2.20. The van der Waals surface area contributed by atoms with Crippen molar-refractivity contribution >= 4 is 32.6 Å². The second kappa shape index (κ2) is 8.99. The second-order valence-electron chi connectivity index (χ2n) is 7.12. The first-order chi connectivity index (χ1) is 15.8. The summed E-state index contributed by atoms with van der Waals surface area (Å²) in [7, 11) is 0. The number of rotatable bonds is 6. The first-order valence-corrected chi connectivity index (χ1v) is 11.0. The van der Waals surface area contributed by atoms with Crippen molar-refractivity contribution in [3.05, 3.63) is 115 Å². The zero-order valence-corrected chi connectivity index (χ0v) is 17.9. The van der Waals surface area contributed by atoms with Crippen LogP contribution in [0.15, 0.2) is 103 Å². The van der Waals surface area contributed by atoms with Gasteiger partial charge < -0.3 is 4.74 Å². The number of carbonyl (C=O) groups is 1. The Balaban J connectivity index is 1.49. The third-order valence-electron chi connectivity index (χ3n) is 4.86. The van der Waals surface area contributed by atoms with Gasteiger partial charge in [0.05, 0.1) is 22.5 Å². The highest BCUT2D eigenvalue weighted by molar-refractivity contribution is 7.22. The van der Waals surface area contributed by atoms with Gasteiger partial charge in [0.15, 0.2) is 5.13 Å². The van der Waals surface area contributed by atoms with Crippen LogP contribution in [0.4, 0.5) is 5.13 Å². The van der Waals surface area contributed by atoms with Crippen LogP contribution in [0.5, 0.6) is 11.5 Å². The Labute approximate surface area is 189 Å². The van der Waals surface area contributed by atoms with Crippen molar-refractivity contribution in [1.82, 2.24) is 9.97 Å². The minimum atomic E-state index is -0.159. The van der Waals surface area contributed by atoms with E-state index in [4.69, 9.17) is 9.72 Å². The molecule has 156 valence electrons. The number of ether oxygens (including phenoxy) is 1. The van der Waals surface area contributed by atoms with Crippen molar-refractivity contribution in [3.63, 3.8) is 0 Å². The summed E-state index contributed by atoms with van der Waals surface area (Å²) in [5.74, 6) is 1.16. The zero-order valence-electron chi connectivity index (χ0n) is 17.1. The quantitative estimate of drug-likeness (QED) is 0.311. The van der Waals surface area contributed by atoms with E-state index in [1.54, 1.807) is 23.2 Å². The predicted molar refractivity (Wildman–Crippen MR) is 127 cm³/mol. The van der Waals surface area contributed by atoms with Gasteiger partial charge in [0.2, 0.25) is 0 Å². The van der Waals surface area contributed by atoms with Gasteiger partial charge in [-0.05, 0) is 54.6 Å². The third-order valence-corrected chi connectivity index (χ3v) is 5.92. The number of nitrogens with zero attached hydrogens (tertiary/aromatic N) is 3. The van der Waals surface area contributed by atoms with Crippen LogP contribution in [0.25, 0.3) is 10.2 Å². The summed E-state index contributed by atoms with van der Waals surface area (Å²) in [5.41, 5.74) is 2.18. The molecule has 0 radical (unpaired) electrons. The largest absolute Gasteiger partial charge is 0.457 e. The van der Waals surface area contributed by atoms with E-state index in [9.17, 15) is 4.79 Å². The number of carbonyl (C=O) groups excluding carboxylic acids is 1. The number of anilines is 1. The van der Waals surface area contributed by atoms with Crippen LogP contribution in [-0.4, -0.2) is 15.9 Å². The van der Waals surface area contributed by atoms with Crippen LogP contribution >= 0.6 is 11.3 Å². The minimum absolute atomic E-state index is 0.159. The summed E-state index contributed by atoms with van der Waals surface area (Å²) in [6.45, 7) is 0.323. The maximum Gasteiger partial charge on any atom is 0.260 e. The molecule has 0 spiro atoms. The first-order valence-electron chi connectivity index (χ1n) is 10.2. The Kier molecular flexibility index (Phi) is 5.59. The number of hydrogen-bond donors (Lipinski definition) is 0. The Hall–Kier alpha value is -4.03. The lowest BCUT2D eigenvalue weighted by Crippen LogP contribution is -2.30. The van der Waals surface area contributed by atoms with Crippen molar-refractivity contribution in [1.29, 1.82) is 0 Å². The van der Waals surface area contributed by atoms with Gasteiger partial charge in [-0.1, -0.05) is 53.8 Å². The zero-order chi connectivity index (χ0) is 21.8. The lowest BCUT2D eigenvalue weighted by atomic mass is 10.2. The molecule has 0 bridgehead atoms. The molecule has 0 aliphatic carbocycles. The van der Waals surface area contributed by atoms with E-state index in [1.807, 2.05) is 84.9 Å². The van der Waals surface area contributed by atoms with E-state index in [0.717, 1.165) is 15.9 Å². The molecule has 5 rings (SSSR count). The molecule has 0 aliphatic heterocycles. The van der Waals surface area contributed by atoms with Gasteiger partial charge >= 0.3 is 0 Å². The molecule has 0 unspecified atom stereocenters. The Morgan fingerprint density at radius 3 is 2.44 bits per heavy atom. The van der Waals surface area contributed by atoms with Gasteiger partial charge in [0.1, 0.15) is 11.5 Å². The predicted octanol–water partition coefficient (Wildman–Crippen LogP) is 6.33. The molecular weight excluding hydrogens is 418 g/mol. The highest BCUT2D eigenvalue weighted by atomic mass is 32.1. The van der Waals surface area contributed by atoms with Crippen LogP contribution in [0.2, 0.25) is 0 Å². The van der Waals surface area contributed by atoms with Crippen molar-refractivity contribution in [2.24, 2.45) is 0 Å². The fourth-order valence-electron chi connectivity index (χ4n) is 3.33. The summed E-state index contributed by atoms with van der Waals surface area (Å²) in [4.78, 5) is 24.4. The molecule has 2 aromatic heterocycles. The maximum atomic E-state index is 13.6. The third kappa shape index (κ3) is 4.36. The number of amides is 1.